The van der Waals surface area contributed by atoms with Gasteiger partial charge in [-0.1, -0.05) is 12.1 Å². The van der Waals surface area contributed by atoms with Crippen molar-refractivity contribution in [2.24, 2.45) is 0 Å². The number of esters is 2. The molecule has 8 heteroatoms. The van der Waals surface area contributed by atoms with Crippen LogP contribution in [0.5, 0.6) is 23.0 Å². The minimum absolute atomic E-state index is 0.154. The number of benzene rings is 2. The summed E-state index contributed by atoms with van der Waals surface area (Å²) in [6, 6.07) is 11.8. The Labute approximate surface area is 199 Å². The summed E-state index contributed by atoms with van der Waals surface area (Å²) in [4.78, 5) is 24.2. The third-order valence-corrected chi connectivity index (χ3v) is 4.30. The number of hydrogen-bond acceptors (Lipinski definition) is 8. The number of carbonyl (C=O) groups excluding carboxylic acids is 2. The van der Waals surface area contributed by atoms with E-state index in [4.69, 9.17) is 23.7 Å². The van der Waals surface area contributed by atoms with Gasteiger partial charge in [0, 0.05) is 6.08 Å². The quantitative estimate of drug-likeness (QED) is 0.206. The highest BCUT2D eigenvalue weighted by molar-refractivity contribution is 5.98. The van der Waals surface area contributed by atoms with Crippen LogP contribution in [0.25, 0.3) is 12.2 Å². The number of nitrogens with zero attached hydrogens (tertiary/aromatic N) is 1. The molecule has 0 spiro atoms. The van der Waals surface area contributed by atoms with E-state index >= 15 is 0 Å². The Morgan fingerprint density at radius 1 is 0.882 bits per heavy atom. The van der Waals surface area contributed by atoms with Gasteiger partial charge in [0.25, 0.3) is 0 Å². The molecule has 0 unspecified atom stereocenters. The van der Waals surface area contributed by atoms with Crippen LogP contribution in [0.15, 0.2) is 48.0 Å². The Morgan fingerprint density at radius 3 is 2.18 bits per heavy atom. The van der Waals surface area contributed by atoms with Crippen molar-refractivity contribution in [1.82, 2.24) is 0 Å². The molecule has 0 aromatic heterocycles. The molecule has 0 aliphatic carbocycles. The van der Waals surface area contributed by atoms with E-state index in [1.165, 1.54) is 25.3 Å². The van der Waals surface area contributed by atoms with Crippen LogP contribution in [0, 0.1) is 11.3 Å². The van der Waals surface area contributed by atoms with Crippen molar-refractivity contribution in [3.8, 4) is 29.1 Å². The van der Waals surface area contributed by atoms with Gasteiger partial charge in [-0.25, -0.2) is 9.59 Å². The molecule has 2 aromatic rings. The Hall–Kier alpha value is -4.25. The summed E-state index contributed by atoms with van der Waals surface area (Å²) in [5.41, 5.74) is 1.09. The van der Waals surface area contributed by atoms with Crippen LogP contribution in [-0.2, 0) is 14.3 Å². The molecule has 0 aliphatic rings. The zero-order valence-corrected chi connectivity index (χ0v) is 19.6. The molecule has 34 heavy (non-hydrogen) atoms. The Kier molecular flexibility index (Phi) is 10.2. The van der Waals surface area contributed by atoms with E-state index < -0.39 is 11.9 Å². The standard InChI is InChI=1S/C26H27NO7/c1-5-31-21-11-8-18(15-24(21)32-6-2)10-13-25(28)34-22-12-9-19(16-23(22)30-4)14-20(17-27)26(29)33-7-3/h8-16H,5-7H2,1-4H3. The molecule has 2 aromatic carbocycles. The molecule has 0 bridgehead atoms. The lowest BCUT2D eigenvalue weighted by molar-refractivity contribution is -0.138. The first-order chi connectivity index (χ1) is 16.4. The summed E-state index contributed by atoms with van der Waals surface area (Å²) in [7, 11) is 1.42. The van der Waals surface area contributed by atoms with E-state index in [0.29, 0.717) is 30.3 Å². The van der Waals surface area contributed by atoms with Crippen molar-refractivity contribution in [3.05, 3.63) is 59.2 Å². The predicted molar refractivity (Wildman–Crippen MR) is 127 cm³/mol. The highest BCUT2D eigenvalue weighted by Gasteiger charge is 2.13. The van der Waals surface area contributed by atoms with E-state index in [-0.39, 0.29) is 23.7 Å². The third kappa shape index (κ3) is 7.41. The first-order valence-electron chi connectivity index (χ1n) is 10.7. The molecular weight excluding hydrogens is 438 g/mol. The lowest BCUT2D eigenvalue weighted by atomic mass is 10.1. The molecule has 0 heterocycles. The van der Waals surface area contributed by atoms with E-state index in [9.17, 15) is 14.9 Å². The van der Waals surface area contributed by atoms with E-state index in [2.05, 4.69) is 0 Å². The van der Waals surface area contributed by atoms with Crippen molar-refractivity contribution in [1.29, 1.82) is 5.26 Å². The van der Waals surface area contributed by atoms with Gasteiger partial charge >= 0.3 is 11.9 Å². The number of nitriles is 1. The number of hydrogen-bond donors (Lipinski definition) is 0. The third-order valence-electron chi connectivity index (χ3n) is 4.30. The van der Waals surface area contributed by atoms with Gasteiger partial charge in [0.15, 0.2) is 23.0 Å². The van der Waals surface area contributed by atoms with Gasteiger partial charge in [-0.15, -0.1) is 0 Å². The Balaban J connectivity index is 2.17. The van der Waals surface area contributed by atoms with Crippen LogP contribution in [0.2, 0.25) is 0 Å². The van der Waals surface area contributed by atoms with Crippen LogP contribution >= 0.6 is 0 Å². The molecule has 178 valence electrons. The average Bonchev–Trinajstić information content (AvgIpc) is 2.83. The normalized spacial score (nSPS) is 11.0. The number of methoxy groups -OCH3 is 1. The Bertz CT molecular complexity index is 1110. The fourth-order valence-corrected chi connectivity index (χ4v) is 2.85. The van der Waals surface area contributed by atoms with Gasteiger partial charge in [0.05, 0.1) is 26.9 Å². The number of ether oxygens (including phenoxy) is 5. The largest absolute Gasteiger partial charge is 0.493 e. The van der Waals surface area contributed by atoms with Crippen molar-refractivity contribution < 1.29 is 33.3 Å². The van der Waals surface area contributed by atoms with Crippen LogP contribution in [-0.4, -0.2) is 38.9 Å². The molecule has 8 nitrogen and oxygen atoms in total. The minimum Gasteiger partial charge on any atom is -0.493 e. The maximum atomic E-state index is 12.4. The minimum atomic E-state index is -0.716. The second kappa shape index (κ2) is 13.3. The van der Waals surface area contributed by atoms with Gasteiger partial charge in [0.2, 0.25) is 0 Å². The van der Waals surface area contributed by atoms with Crippen LogP contribution in [0.3, 0.4) is 0 Å². The van der Waals surface area contributed by atoms with E-state index in [1.807, 2.05) is 19.9 Å². The summed E-state index contributed by atoms with van der Waals surface area (Å²) < 4.78 is 26.7. The van der Waals surface area contributed by atoms with E-state index in [1.54, 1.807) is 43.3 Å². The molecule has 0 N–H and O–H groups in total. The van der Waals surface area contributed by atoms with Gasteiger partial charge in [-0.3, -0.25) is 0 Å². The molecule has 0 amide bonds. The van der Waals surface area contributed by atoms with Gasteiger partial charge in [-0.2, -0.15) is 5.26 Å². The second-order valence-corrected chi connectivity index (χ2v) is 6.63. The number of rotatable bonds is 11. The van der Waals surface area contributed by atoms with Crippen LogP contribution < -0.4 is 18.9 Å². The molecular formula is C26H27NO7. The lowest BCUT2D eigenvalue weighted by Crippen LogP contribution is -2.06. The summed E-state index contributed by atoms with van der Waals surface area (Å²) in [6.45, 7) is 6.57. The zero-order valence-electron chi connectivity index (χ0n) is 19.6. The molecule has 0 radical (unpaired) electrons. The molecule has 0 fully saturated rings. The predicted octanol–water partition coefficient (Wildman–Crippen LogP) is 4.58. The average molecular weight is 466 g/mol. The van der Waals surface area contributed by atoms with Gasteiger partial charge < -0.3 is 23.7 Å². The van der Waals surface area contributed by atoms with E-state index in [0.717, 1.165) is 5.56 Å². The van der Waals surface area contributed by atoms with Crippen LogP contribution in [0.1, 0.15) is 31.9 Å². The second-order valence-electron chi connectivity index (χ2n) is 6.63. The van der Waals surface area contributed by atoms with Crippen molar-refractivity contribution in [2.45, 2.75) is 20.8 Å². The topological polar surface area (TPSA) is 104 Å². The number of carbonyl (C=O) groups is 2. The van der Waals surface area contributed by atoms with Gasteiger partial charge in [-0.05, 0) is 68.3 Å². The molecule has 0 aliphatic heterocycles. The van der Waals surface area contributed by atoms with Crippen molar-refractivity contribution >= 4 is 24.1 Å². The van der Waals surface area contributed by atoms with Gasteiger partial charge in [0.1, 0.15) is 11.6 Å². The maximum absolute atomic E-state index is 12.4. The first kappa shape index (κ1) is 26.0. The molecule has 0 atom stereocenters. The smallest absolute Gasteiger partial charge is 0.348 e. The maximum Gasteiger partial charge on any atom is 0.348 e. The molecule has 2 rings (SSSR count). The summed E-state index contributed by atoms with van der Waals surface area (Å²) in [5, 5.41) is 9.18. The molecule has 0 saturated heterocycles. The SMILES string of the molecule is CCOC(=O)C(C#N)=Cc1ccc(OC(=O)C=Cc2ccc(OCC)c(OCC)c2)c(OC)c1. The summed E-state index contributed by atoms with van der Waals surface area (Å²) >= 11 is 0. The Morgan fingerprint density at radius 2 is 1.53 bits per heavy atom. The van der Waals surface area contributed by atoms with Crippen LogP contribution in [0.4, 0.5) is 0 Å². The molecule has 0 saturated carbocycles. The monoisotopic (exact) mass is 465 g/mol. The fraction of sp³-hybridized carbons (Fsp3) is 0.269. The zero-order chi connectivity index (χ0) is 24.9. The highest BCUT2D eigenvalue weighted by Crippen LogP contribution is 2.30. The summed E-state index contributed by atoms with van der Waals surface area (Å²) in [5.74, 6) is 0.334. The fourth-order valence-electron chi connectivity index (χ4n) is 2.85. The van der Waals surface area contributed by atoms with Crippen molar-refractivity contribution in [2.75, 3.05) is 26.9 Å². The summed E-state index contributed by atoms with van der Waals surface area (Å²) in [6.07, 6.45) is 4.25. The lowest BCUT2D eigenvalue weighted by Gasteiger charge is -2.11. The highest BCUT2D eigenvalue weighted by atomic mass is 16.6. The van der Waals surface area contributed by atoms with Crippen molar-refractivity contribution in [3.63, 3.8) is 0 Å². The first-order valence-corrected chi connectivity index (χ1v) is 10.7.